The maximum absolute atomic E-state index is 9.75. The van der Waals surface area contributed by atoms with Gasteiger partial charge in [0, 0.05) is 5.69 Å². The molecule has 0 fully saturated rings. The molecule has 134 valence electrons. The van der Waals surface area contributed by atoms with Crippen LogP contribution in [0, 0.1) is 0 Å². The van der Waals surface area contributed by atoms with Gasteiger partial charge in [0.15, 0.2) is 0 Å². The summed E-state index contributed by atoms with van der Waals surface area (Å²) < 4.78 is 117. The summed E-state index contributed by atoms with van der Waals surface area (Å²) >= 11 is 0. The Morgan fingerprint density at radius 3 is 0.783 bits per heavy atom. The van der Waals surface area contributed by atoms with E-state index in [-0.39, 0.29) is 51.4 Å². The van der Waals surface area contributed by atoms with E-state index in [0.717, 1.165) is 5.69 Å². The molecule has 1 aromatic carbocycles. The van der Waals surface area contributed by atoms with Gasteiger partial charge in [-0.1, -0.05) is 18.2 Å². The van der Waals surface area contributed by atoms with Crippen molar-refractivity contribution >= 4 is 78.8 Å². The Kier molecular flexibility index (Phi) is 19.3. The quantitative estimate of drug-likeness (QED) is 0.391. The molecule has 1 rings (SSSR count). The summed E-state index contributed by atoms with van der Waals surface area (Å²) in [6.07, 6.45) is 0. The number of rotatable bonds is 0. The zero-order chi connectivity index (χ0) is 18.6. The van der Waals surface area contributed by atoms with Gasteiger partial charge in [0.2, 0.25) is 0 Å². The number of hydrogen-bond donors (Lipinski definition) is 1. The zero-order valence-corrected chi connectivity index (χ0v) is 10.2. The topological polar surface area (TPSA) is 26.0 Å². The van der Waals surface area contributed by atoms with Gasteiger partial charge in [-0.05, 0) is 12.1 Å². The van der Waals surface area contributed by atoms with Gasteiger partial charge in [-0.3, -0.25) is 0 Å². The molecule has 0 aliphatic rings. The van der Waals surface area contributed by atoms with Crippen LogP contribution in [0.1, 0.15) is 0 Å². The Hall–Kier alpha value is 0.0112. The average molecular weight is 394 g/mol. The minimum absolute atomic E-state index is 0. The molecule has 0 spiro atoms. The fourth-order valence-electron chi connectivity index (χ4n) is 0.453. The molecule has 23 heavy (non-hydrogen) atoms. The van der Waals surface area contributed by atoms with E-state index in [1.807, 2.05) is 30.3 Å². The van der Waals surface area contributed by atoms with Crippen molar-refractivity contribution in [2.45, 2.75) is 0 Å². The molecule has 1 aromatic rings. The van der Waals surface area contributed by atoms with Gasteiger partial charge in [0.05, 0.1) is 0 Å². The third kappa shape index (κ3) is 137. The second kappa shape index (κ2) is 14.4. The van der Waals surface area contributed by atoms with E-state index in [1.165, 1.54) is 0 Å². The molecule has 0 amide bonds. The Labute approximate surface area is 165 Å². The minimum atomic E-state index is -6.00. The standard InChI is InChI=1S/C6H7N.3BF4.K.H/c7-6-4-2-1-3-5-6;3*2-1(3,4)5;;/h1-5H,7H2;;;;;/q;3*-1;;. The fourth-order valence-corrected chi connectivity index (χ4v) is 0.453. The molecular weight excluding hydrogens is 386 g/mol. The van der Waals surface area contributed by atoms with E-state index < -0.39 is 21.8 Å². The van der Waals surface area contributed by atoms with E-state index >= 15 is 0 Å². The van der Waals surface area contributed by atoms with Crippen molar-refractivity contribution in [2.24, 2.45) is 0 Å². The first-order valence-electron chi connectivity index (χ1n) is 4.82. The predicted molar refractivity (Wildman–Crippen MR) is 68.6 cm³/mol. The van der Waals surface area contributed by atoms with Crippen LogP contribution in [0.15, 0.2) is 30.3 Å². The van der Waals surface area contributed by atoms with Crippen molar-refractivity contribution < 1.29 is 51.8 Å². The summed E-state index contributed by atoms with van der Waals surface area (Å²) in [5.74, 6) is 0. The molecular formula is C6H8B3F12KN-3. The zero-order valence-electron chi connectivity index (χ0n) is 10.2. The third-order valence-electron chi connectivity index (χ3n) is 0.800. The van der Waals surface area contributed by atoms with Gasteiger partial charge in [-0.2, -0.15) is 0 Å². The van der Waals surface area contributed by atoms with Crippen LogP contribution in [0.4, 0.5) is 57.5 Å². The summed E-state index contributed by atoms with van der Waals surface area (Å²) in [5.41, 5.74) is 6.18. The Bertz CT molecular complexity index is 319. The average Bonchev–Trinajstić information content (AvgIpc) is 2.09. The van der Waals surface area contributed by atoms with E-state index in [9.17, 15) is 51.8 Å². The monoisotopic (exact) mass is 394 g/mol. The molecule has 0 radical (unpaired) electrons. The molecule has 2 N–H and O–H groups in total. The number of hydrogen-bond acceptors (Lipinski definition) is 1. The number of nitrogens with two attached hydrogens (primary N) is 1. The molecule has 0 aliphatic heterocycles. The van der Waals surface area contributed by atoms with Crippen LogP contribution in [0.2, 0.25) is 0 Å². The number of para-hydroxylation sites is 1. The van der Waals surface area contributed by atoms with Crippen LogP contribution >= 0.6 is 0 Å². The van der Waals surface area contributed by atoms with E-state index in [1.54, 1.807) is 0 Å². The molecule has 0 saturated heterocycles. The van der Waals surface area contributed by atoms with Gasteiger partial charge in [0.1, 0.15) is 0 Å². The van der Waals surface area contributed by atoms with Crippen molar-refractivity contribution in [3.63, 3.8) is 0 Å². The number of anilines is 1. The van der Waals surface area contributed by atoms with E-state index in [4.69, 9.17) is 5.73 Å². The van der Waals surface area contributed by atoms with Gasteiger partial charge >= 0.3 is 73.1 Å². The molecule has 0 atom stereocenters. The number of halogens is 12. The summed E-state index contributed by atoms with van der Waals surface area (Å²) in [4.78, 5) is 0. The van der Waals surface area contributed by atoms with Crippen molar-refractivity contribution in [2.75, 3.05) is 5.73 Å². The van der Waals surface area contributed by atoms with Gasteiger partial charge in [0.25, 0.3) is 0 Å². The van der Waals surface area contributed by atoms with Crippen LogP contribution in [0.5, 0.6) is 0 Å². The first-order chi connectivity index (χ1) is 9.39. The fraction of sp³-hybridized carbons (Fsp3) is 0. The van der Waals surface area contributed by atoms with Crippen molar-refractivity contribution in [3.8, 4) is 0 Å². The van der Waals surface area contributed by atoms with Crippen LogP contribution in [-0.2, 0) is 0 Å². The van der Waals surface area contributed by atoms with E-state index in [0.29, 0.717) is 0 Å². The first-order valence-corrected chi connectivity index (χ1v) is 4.82. The predicted octanol–water partition coefficient (Wildman–Crippen LogP) is 4.52. The molecule has 0 aliphatic carbocycles. The Morgan fingerprint density at radius 2 is 0.696 bits per heavy atom. The summed E-state index contributed by atoms with van der Waals surface area (Å²) in [7, 11) is -18.0. The van der Waals surface area contributed by atoms with Crippen LogP contribution in [0.25, 0.3) is 0 Å². The maximum atomic E-state index is 9.75. The van der Waals surface area contributed by atoms with Gasteiger partial charge in [-0.25, -0.2) is 0 Å². The molecule has 0 heterocycles. The van der Waals surface area contributed by atoms with Gasteiger partial charge in [-0.15, -0.1) is 0 Å². The van der Waals surface area contributed by atoms with Crippen LogP contribution in [-0.4, -0.2) is 73.1 Å². The van der Waals surface area contributed by atoms with Crippen molar-refractivity contribution in [1.29, 1.82) is 0 Å². The third-order valence-corrected chi connectivity index (χ3v) is 0.800. The Morgan fingerprint density at radius 1 is 0.522 bits per heavy atom. The second-order valence-electron chi connectivity index (χ2n) is 2.90. The van der Waals surface area contributed by atoms with Crippen LogP contribution in [0.3, 0.4) is 0 Å². The molecule has 1 nitrogen and oxygen atoms in total. The Balaban J connectivity index is -0.000000105. The van der Waals surface area contributed by atoms with E-state index in [2.05, 4.69) is 0 Å². The summed E-state index contributed by atoms with van der Waals surface area (Å²) in [5, 5.41) is 0. The molecule has 0 unspecified atom stereocenters. The van der Waals surface area contributed by atoms with Crippen molar-refractivity contribution in [3.05, 3.63) is 30.3 Å². The SMILES string of the molecule is F[B-](F)(F)F.F[B-](F)(F)F.F[B-](F)(F)F.Nc1ccccc1.[KH]. The molecule has 17 heteroatoms. The summed E-state index contributed by atoms with van der Waals surface area (Å²) in [6.45, 7) is 0. The van der Waals surface area contributed by atoms with Gasteiger partial charge < -0.3 is 57.5 Å². The van der Waals surface area contributed by atoms with Crippen LogP contribution < -0.4 is 5.73 Å². The normalized spacial score (nSPS) is 10.4. The number of benzene rings is 1. The second-order valence-corrected chi connectivity index (χ2v) is 2.90. The molecule has 0 saturated carbocycles. The molecule has 0 bridgehead atoms. The summed E-state index contributed by atoms with van der Waals surface area (Å²) in [6, 6.07) is 9.49. The van der Waals surface area contributed by atoms with Crippen molar-refractivity contribution in [1.82, 2.24) is 0 Å². The molecule has 0 aromatic heterocycles. The number of nitrogen functional groups attached to an aromatic ring is 1. The first kappa shape index (κ1) is 30.8.